The van der Waals surface area contributed by atoms with Crippen molar-refractivity contribution >= 4 is 10.1 Å². The summed E-state index contributed by atoms with van der Waals surface area (Å²) in [5.41, 5.74) is 0. The number of benzene rings is 1. The van der Waals surface area contributed by atoms with Crippen molar-refractivity contribution in [1.82, 2.24) is 9.55 Å². The molecule has 0 saturated heterocycles. The van der Waals surface area contributed by atoms with E-state index in [4.69, 9.17) is 4.18 Å². The van der Waals surface area contributed by atoms with Gasteiger partial charge in [-0.15, -0.1) is 0 Å². The van der Waals surface area contributed by atoms with E-state index in [1.807, 2.05) is 0 Å². The van der Waals surface area contributed by atoms with E-state index < -0.39 is 10.1 Å². The van der Waals surface area contributed by atoms with E-state index in [1.165, 1.54) is 17.1 Å². The Morgan fingerprint density at radius 1 is 1.25 bits per heavy atom. The van der Waals surface area contributed by atoms with E-state index in [2.05, 4.69) is 4.98 Å². The number of nitrogens with zero attached hydrogens (tertiary/aromatic N) is 2. The molecule has 5 nitrogen and oxygen atoms in total. The van der Waals surface area contributed by atoms with Crippen molar-refractivity contribution < 1.29 is 12.6 Å². The maximum atomic E-state index is 11.6. The molecule has 1 heterocycles. The summed E-state index contributed by atoms with van der Waals surface area (Å²) in [6.07, 6.45) is 4.50. The molecule has 1 aromatic carbocycles. The van der Waals surface area contributed by atoms with Crippen LogP contribution in [0.15, 0.2) is 49.1 Å². The Morgan fingerprint density at radius 2 is 2.00 bits per heavy atom. The highest BCUT2D eigenvalue weighted by atomic mass is 32.2. The van der Waals surface area contributed by atoms with Crippen LogP contribution in [0.3, 0.4) is 0 Å². The first-order valence-electron chi connectivity index (χ1n) is 4.59. The Morgan fingerprint density at radius 3 is 2.62 bits per heavy atom. The zero-order valence-corrected chi connectivity index (χ0v) is 9.17. The lowest BCUT2D eigenvalue weighted by Crippen LogP contribution is -2.15. The Balaban J connectivity index is 2.09. The van der Waals surface area contributed by atoms with Crippen molar-refractivity contribution in [2.45, 2.75) is 5.88 Å². The molecule has 0 saturated carbocycles. The first kappa shape index (κ1) is 10.7. The van der Waals surface area contributed by atoms with Gasteiger partial charge in [0, 0.05) is 12.4 Å². The Labute approximate surface area is 93.4 Å². The minimum Gasteiger partial charge on any atom is -0.381 e. The van der Waals surface area contributed by atoms with Gasteiger partial charge >= 0.3 is 10.1 Å². The van der Waals surface area contributed by atoms with E-state index in [9.17, 15) is 8.42 Å². The molecule has 6 heteroatoms. The van der Waals surface area contributed by atoms with Crippen molar-refractivity contribution in [3.05, 3.63) is 49.1 Å². The van der Waals surface area contributed by atoms with Crippen molar-refractivity contribution in [2.24, 2.45) is 0 Å². The average Bonchev–Trinajstić information content (AvgIpc) is 2.70. The van der Waals surface area contributed by atoms with Gasteiger partial charge in [0.05, 0.1) is 6.33 Å². The fourth-order valence-electron chi connectivity index (χ4n) is 1.19. The molecule has 0 spiro atoms. The van der Waals surface area contributed by atoms with Gasteiger partial charge in [0.25, 0.3) is 0 Å². The average molecular weight is 238 g/mol. The van der Waals surface area contributed by atoms with Gasteiger partial charge < -0.3 is 8.75 Å². The summed E-state index contributed by atoms with van der Waals surface area (Å²) >= 11 is 0. The molecule has 84 valence electrons. The van der Waals surface area contributed by atoms with Gasteiger partial charge in [-0.1, -0.05) is 18.2 Å². The van der Waals surface area contributed by atoms with Crippen LogP contribution in [0.5, 0.6) is 5.75 Å². The lowest BCUT2D eigenvalue weighted by Gasteiger charge is -2.06. The molecule has 2 rings (SSSR count). The fraction of sp³-hybridized carbons (Fsp3) is 0.100. The maximum absolute atomic E-state index is 11.6. The van der Waals surface area contributed by atoms with Crippen LogP contribution in [-0.4, -0.2) is 18.0 Å². The highest BCUT2D eigenvalue weighted by molar-refractivity contribution is 7.86. The predicted octanol–water partition coefficient (Wildman–Crippen LogP) is 1.25. The molecule has 0 bridgehead atoms. The molecule has 2 aromatic rings. The smallest absolute Gasteiger partial charge is 0.328 e. The van der Waals surface area contributed by atoms with Crippen molar-refractivity contribution in [3.63, 3.8) is 0 Å². The third-order valence-electron chi connectivity index (χ3n) is 1.83. The second kappa shape index (κ2) is 4.36. The summed E-state index contributed by atoms with van der Waals surface area (Å²) < 4.78 is 29.5. The van der Waals surface area contributed by atoms with Gasteiger partial charge in [0.15, 0.2) is 5.88 Å². The molecule has 0 aliphatic heterocycles. The van der Waals surface area contributed by atoms with Crippen molar-refractivity contribution in [3.8, 4) is 5.75 Å². The third-order valence-corrected chi connectivity index (χ3v) is 2.89. The van der Waals surface area contributed by atoms with Crippen molar-refractivity contribution in [2.75, 3.05) is 0 Å². The molecule has 0 fully saturated rings. The summed E-state index contributed by atoms with van der Waals surface area (Å²) in [6.45, 7) is 0. The SMILES string of the molecule is O=S(=O)(Cn1ccnc1)Oc1ccccc1. The zero-order valence-electron chi connectivity index (χ0n) is 8.35. The second-order valence-corrected chi connectivity index (χ2v) is 4.70. The Kier molecular flexibility index (Phi) is 2.91. The van der Waals surface area contributed by atoms with Crippen LogP contribution >= 0.6 is 0 Å². The molecule has 0 atom stereocenters. The van der Waals surface area contributed by atoms with Crippen LogP contribution in [0, 0.1) is 0 Å². The number of hydrogen-bond donors (Lipinski definition) is 0. The standard InChI is InChI=1S/C10H10N2O3S/c13-16(14,9-12-7-6-11-8-12)15-10-4-2-1-3-5-10/h1-8H,9H2. The van der Waals surface area contributed by atoms with Gasteiger partial charge in [-0.05, 0) is 12.1 Å². The summed E-state index contributed by atoms with van der Waals surface area (Å²) in [5, 5.41) is 0. The van der Waals surface area contributed by atoms with Crippen LogP contribution in [-0.2, 0) is 16.0 Å². The molecule has 0 amide bonds. The van der Waals surface area contributed by atoms with E-state index in [0.717, 1.165) is 0 Å². The van der Waals surface area contributed by atoms with Gasteiger partial charge in [0.2, 0.25) is 0 Å². The highest BCUT2D eigenvalue weighted by Gasteiger charge is 2.12. The molecule has 0 N–H and O–H groups in total. The molecule has 0 radical (unpaired) electrons. The Bertz CT molecular complexity index is 535. The summed E-state index contributed by atoms with van der Waals surface area (Å²) in [7, 11) is -3.63. The fourth-order valence-corrected chi connectivity index (χ4v) is 2.17. The molecular formula is C10H10N2O3S. The van der Waals surface area contributed by atoms with Crippen LogP contribution in [0.2, 0.25) is 0 Å². The summed E-state index contributed by atoms with van der Waals surface area (Å²) in [4.78, 5) is 3.76. The number of hydrogen-bond acceptors (Lipinski definition) is 4. The molecule has 1 aromatic heterocycles. The van der Waals surface area contributed by atoms with Crippen LogP contribution in [0.1, 0.15) is 0 Å². The molecule has 0 aliphatic rings. The monoisotopic (exact) mass is 238 g/mol. The lowest BCUT2D eigenvalue weighted by molar-refractivity contribution is 0.475. The molecule has 16 heavy (non-hydrogen) atoms. The molecule has 0 unspecified atom stereocenters. The van der Waals surface area contributed by atoms with E-state index in [1.54, 1.807) is 36.5 Å². The zero-order chi connectivity index (χ0) is 11.4. The number of para-hydroxylation sites is 1. The second-order valence-electron chi connectivity index (χ2n) is 3.16. The maximum Gasteiger partial charge on any atom is 0.328 e. The quantitative estimate of drug-likeness (QED) is 0.752. The first-order chi connectivity index (χ1) is 7.66. The van der Waals surface area contributed by atoms with E-state index >= 15 is 0 Å². The first-order valence-corrected chi connectivity index (χ1v) is 6.16. The van der Waals surface area contributed by atoms with Gasteiger partial charge in [0.1, 0.15) is 5.75 Å². The minimum atomic E-state index is -3.63. The minimum absolute atomic E-state index is 0.248. The van der Waals surface area contributed by atoms with Gasteiger partial charge in [-0.2, -0.15) is 8.42 Å². The number of imidazole rings is 1. The largest absolute Gasteiger partial charge is 0.381 e. The number of rotatable bonds is 4. The van der Waals surface area contributed by atoms with E-state index in [0.29, 0.717) is 5.75 Å². The topological polar surface area (TPSA) is 61.2 Å². The summed E-state index contributed by atoms with van der Waals surface area (Å²) in [6, 6.07) is 8.39. The normalized spacial score (nSPS) is 11.2. The molecular weight excluding hydrogens is 228 g/mol. The predicted molar refractivity (Wildman–Crippen MR) is 58.2 cm³/mol. The molecule has 0 aliphatic carbocycles. The lowest BCUT2D eigenvalue weighted by atomic mass is 10.3. The highest BCUT2D eigenvalue weighted by Crippen LogP contribution is 2.12. The van der Waals surface area contributed by atoms with Gasteiger partial charge in [-0.25, -0.2) is 4.98 Å². The van der Waals surface area contributed by atoms with Crippen LogP contribution in [0.25, 0.3) is 0 Å². The summed E-state index contributed by atoms with van der Waals surface area (Å²) in [5.74, 6) is 0.0599. The number of aromatic nitrogens is 2. The Hall–Kier alpha value is -1.82. The van der Waals surface area contributed by atoms with Crippen LogP contribution < -0.4 is 4.18 Å². The van der Waals surface area contributed by atoms with E-state index in [-0.39, 0.29) is 5.88 Å². The third kappa shape index (κ3) is 2.83. The van der Waals surface area contributed by atoms with Crippen LogP contribution in [0.4, 0.5) is 0 Å². The van der Waals surface area contributed by atoms with Crippen molar-refractivity contribution in [1.29, 1.82) is 0 Å². The van der Waals surface area contributed by atoms with Gasteiger partial charge in [-0.3, -0.25) is 0 Å².